The van der Waals surface area contributed by atoms with Crippen molar-refractivity contribution in [2.75, 3.05) is 18.0 Å². The van der Waals surface area contributed by atoms with E-state index in [-0.39, 0.29) is 45.9 Å². The topological polar surface area (TPSA) is 115 Å². The van der Waals surface area contributed by atoms with Gasteiger partial charge in [-0.05, 0) is 42.9 Å². The first kappa shape index (κ1) is 22.5. The largest absolute Gasteiger partial charge is 0.366 e. The first-order valence-electron chi connectivity index (χ1n) is 12.5. The molecule has 2 bridgehead atoms. The third-order valence-corrected chi connectivity index (χ3v) is 7.99. The summed E-state index contributed by atoms with van der Waals surface area (Å²) in [5, 5.41) is 14.6. The number of rotatable bonds is 6. The molecule has 10 nitrogen and oxygen atoms in total. The number of piperidine rings is 1. The predicted octanol–water partition coefficient (Wildman–Crippen LogP) is 2.32. The minimum Gasteiger partial charge on any atom is -0.366 e. The Morgan fingerprint density at radius 2 is 2.11 bits per heavy atom. The van der Waals surface area contributed by atoms with Crippen molar-refractivity contribution >= 4 is 17.3 Å². The van der Waals surface area contributed by atoms with Gasteiger partial charge in [0.2, 0.25) is 5.91 Å². The standard InChI is InChI=1S/C26H28N6O4/c33-24-4-1-3-22-18-11-19(15-30(22)24)25-21(26(34)28-7-2-9-29-10-8-27-16-29)13-17-12-20(32(35)36)5-6-23(17)31(25)14-18/h1,3-6,8,10,12,16,18-19,21,25H,2,7,9,11,13-15H2,(H,28,34)/t18-,19-,21+,25-/m0/s1. The van der Waals surface area contributed by atoms with E-state index in [0.717, 1.165) is 36.3 Å². The van der Waals surface area contributed by atoms with Gasteiger partial charge < -0.3 is 19.4 Å². The highest BCUT2D eigenvalue weighted by Gasteiger charge is 2.49. The zero-order valence-electron chi connectivity index (χ0n) is 19.8. The van der Waals surface area contributed by atoms with Gasteiger partial charge in [0.1, 0.15) is 0 Å². The van der Waals surface area contributed by atoms with Crippen molar-refractivity contribution in [1.29, 1.82) is 0 Å². The Morgan fingerprint density at radius 1 is 1.22 bits per heavy atom. The number of non-ortho nitro benzene ring substituents is 1. The van der Waals surface area contributed by atoms with Crippen molar-refractivity contribution in [3.05, 3.63) is 86.8 Å². The summed E-state index contributed by atoms with van der Waals surface area (Å²) in [4.78, 5) is 43.6. The number of aromatic nitrogens is 3. The predicted molar refractivity (Wildman–Crippen MR) is 133 cm³/mol. The maximum Gasteiger partial charge on any atom is 0.269 e. The number of hydrogen-bond donors (Lipinski definition) is 1. The van der Waals surface area contributed by atoms with Crippen molar-refractivity contribution in [2.45, 2.75) is 44.3 Å². The molecular formula is C26H28N6O4. The molecule has 1 N–H and O–H groups in total. The van der Waals surface area contributed by atoms with Crippen LogP contribution in [0.5, 0.6) is 0 Å². The average molecular weight is 489 g/mol. The Balaban J connectivity index is 1.30. The number of anilines is 1. The zero-order chi connectivity index (χ0) is 24.8. The number of amides is 1. The lowest BCUT2D eigenvalue weighted by Gasteiger charge is -2.54. The summed E-state index contributed by atoms with van der Waals surface area (Å²) in [6.45, 7) is 2.57. The fourth-order valence-corrected chi connectivity index (χ4v) is 6.48. The normalized spacial score (nSPS) is 23.8. The second kappa shape index (κ2) is 8.92. The lowest BCUT2D eigenvalue weighted by atomic mass is 9.70. The number of nitrogens with one attached hydrogen (secondary N) is 1. The van der Waals surface area contributed by atoms with E-state index >= 15 is 0 Å². The fourth-order valence-electron chi connectivity index (χ4n) is 6.48. The van der Waals surface area contributed by atoms with Crippen LogP contribution in [0, 0.1) is 22.0 Å². The highest BCUT2D eigenvalue weighted by atomic mass is 16.6. The lowest BCUT2D eigenvalue weighted by Crippen LogP contribution is -2.61. The van der Waals surface area contributed by atoms with E-state index in [1.807, 2.05) is 33.5 Å². The molecule has 3 aliphatic rings. The van der Waals surface area contributed by atoms with Gasteiger partial charge in [-0.1, -0.05) is 6.07 Å². The van der Waals surface area contributed by atoms with E-state index in [1.54, 1.807) is 30.7 Å². The van der Waals surface area contributed by atoms with Crippen LogP contribution in [0.1, 0.15) is 30.0 Å². The number of nitro groups is 1. The van der Waals surface area contributed by atoms with Crippen molar-refractivity contribution < 1.29 is 9.72 Å². The molecule has 6 rings (SSSR count). The molecule has 0 radical (unpaired) electrons. The molecule has 10 heteroatoms. The van der Waals surface area contributed by atoms with Gasteiger partial charge in [-0.25, -0.2) is 4.98 Å². The number of aryl methyl sites for hydroxylation is 1. The molecule has 0 unspecified atom stereocenters. The molecule has 1 aromatic carbocycles. The molecule has 1 saturated heterocycles. The highest BCUT2D eigenvalue weighted by molar-refractivity contribution is 5.82. The van der Waals surface area contributed by atoms with Gasteiger partial charge in [-0.15, -0.1) is 0 Å². The molecule has 2 aromatic heterocycles. The van der Waals surface area contributed by atoms with Crippen LogP contribution in [0.4, 0.5) is 11.4 Å². The van der Waals surface area contributed by atoms with Crippen LogP contribution < -0.4 is 15.8 Å². The van der Waals surface area contributed by atoms with E-state index in [9.17, 15) is 19.7 Å². The van der Waals surface area contributed by atoms with Crippen LogP contribution in [0.3, 0.4) is 0 Å². The number of nitrogens with zero attached hydrogens (tertiary/aromatic N) is 5. The smallest absolute Gasteiger partial charge is 0.269 e. The van der Waals surface area contributed by atoms with E-state index < -0.39 is 0 Å². The first-order valence-corrected chi connectivity index (χ1v) is 12.5. The molecule has 0 aliphatic carbocycles. The molecule has 36 heavy (non-hydrogen) atoms. The van der Waals surface area contributed by atoms with Crippen molar-refractivity contribution in [3.8, 4) is 0 Å². The first-order chi connectivity index (χ1) is 17.5. The van der Waals surface area contributed by atoms with Crippen molar-refractivity contribution in [1.82, 2.24) is 19.4 Å². The molecule has 5 heterocycles. The average Bonchev–Trinajstić information content (AvgIpc) is 3.40. The Kier molecular flexibility index (Phi) is 5.58. The Bertz CT molecular complexity index is 1370. The summed E-state index contributed by atoms with van der Waals surface area (Å²) >= 11 is 0. The summed E-state index contributed by atoms with van der Waals surface area (Å²) in [6.07, 6.45) is 7.54. The van der Waals surface area contributed by atoms with Gasteiger partial charge in [-0.3, -0.25) is 19.7 Å². The van der Waals surface area contributed by atoms with Gasteiger partial charge in [0, 0.05) is 80.1 Å². The fraction of sp³-hybridized carbons (Fsp3) is 0.423. The monoisotopic (exact) mass is 488 g/mol. The number of imidazole rings is 1. The highest BCUT2D eigenvalue weighted by Crippen LogP contribution is 2.47. The van der Waals surface area contributed by atoms with Crippen molar-refractivity contribution in [2.24, 2.45) is 11.8 Å². The summed E-state index contributed by atoms with van der Waals surface area (Å²) in [6, 6.07) is 10.4. The Hall–Kier alpha value is -3.95. The molecule has 0 spiro atoms. The minimum atomic E-state index is -0.384. The van der Waals surface area contributed by atoms with Crippen LogP contribution in [-0.4, -0.2) is 44.1 Å². The second-order valence-corrected chi connectivity index (χ2v) is 10.1. The number of pyridine rings is 1. The molecule has 1 amide bonds. The number of fused-ring (bicyclic) bond motifs is 8. The Morgan fingerprint density at radius 3 is 2.92 bits per heavy atom. The molecule has 186 valence electrons. The van der Waals surface area contributed by atoms with Crippen LogP contribution in [-0.2, 0) is 24.3 Å². The van der Waals surface area contributed by atoms with Gasteiger partial charge in [0.25, 0.3) is 11.2 Å². The zero-order valence-corrected chi connectivity index (χ0v) is 19.8. The molecule has 4 atom stereocenters. The third kappa shape index (κ3) is 3.86. The summed E-state index contributed by atoms with van der Waals surface area (Å²) < 4.78 is 3.85. The summed E-state index contributed by atoms with van der Waals surface area (Å²) in [5.41, 5.74) is 2.89. The van der Waals surface area contributed by atoms with Gasteiger partial charge in [-0.2, -0.15) is 0 Å². The van der Waals surface area contributed by atoms with Gasteiger partial charge >= 0.3 is 0 Å². The van der Waals surface area contributed by atoms with E-state index in [1.165, 1.54) is 0 Å². The summed E-state index contributed by atoms with van der Waals surface area (Å²) in [7, 11) is 0. The SMILES string of the molecule is O=C(NCCCn1ccnc1)[C@@H]1Cc2cc([N+](=O)[O-])ccc2N2C[C@@H]3C[C@@H](Cn4c3cccc4=O)[C@@H]12. The maximum atomic E-state index is 13.6. The number of hydrogen-bond acceptors (Lipinski definition) is 6. The molecule has 0 saturated carbocycles. The second-order valence-electron chi connectivity index (χ2n) is 10.1. The maximum absolute atomic E-state index is 13.6. The Labute approximate surface area is 207 Å². The number of benzene rings is 1. The van der Waals surface area contributed by atoms with Crippen LogP contribution in [0.25, 0.3) is 0 Å². The van der Waals surface area contributed by atoms with Crippen LogP contribution in [0.15, 0.2) is 59.9 Å². The van der Waals surface area contributed by atoms with Crippen molar-refractivity contribution in [3.63, 3.8) is 0 Å². The van der Waals surface area contributed by atoms with Crippen LogP contribution in [0.2, 0.25) is 0 Å². The number of nitro benzene ring substituents is 1. The summed E-state index contributed by atoms with van der Waals surface area (Å²) in [5.74, 6) is -0.0626. The third-order valence-electron chi connectivity index (χ3n) is 7.99. The number of carbonyl (C=O) groups is 1. The lowest BCUT2D eigenvalue weighted by molar-refractivity contribution is -0.384. The molecule has 1 fully saturated rings. The molecular weight excluding hydrogens is 460 g/mol. The van der Waals surface area contributed by atoms with Gasteiger partial charge in [0.05, 0.1) is 17.2 Å². The molecule has 3 aromatic rings. The quantitative estimate of drug-likeness (QED) is 0.324. The molecule has 3 aliphatic heterocycles. The number of carbonyl (C=O) groups excluding carboxylic acids is 1. The van der Waals surface area contributed by atoms with Crippen LogP contribution >= 0.6 is 0 Å². The van der Waals surface area contributed by atoms with E-state index in [0.29, 0.717) is 26.1 Å². The van der Waals surface area contributed by atoms with E-state index in [2.05, 4.69) is 15.2 Å². The minimum absolute atomic E-state index is 0.00277. The van der Waals surface area contributed by atoms with Gasteiger partial charge in [0.15, 0.2) is 0 Å². The van der Waals surface area contributed by atoms with E-state index in [4.69, 9.17) is 0 Å².